The molecule has 3 aromatic rings. The maximum absolute atomic E-state index is 12.8. The summed E-state index contributed by atoms with van der Waals surface area (Å²) in [5.74, 6) is -0.955. The summed E-state index contributed by atoms with van der Waals surface area (Å²) in [6.07, 6.45) is 1.33. The molecule has 186 valence electrons. The minimum absolute atomic E-state index is 0.0227. The van der Waals surface area contributed by atoms with Crippen LogP contribution in [0.25, 0.3) is 0 Å². The number of hydrogen-bond donors (Lipinski definition) is 1. The number of amides is 1. The molecule has 0 unspecified atom stereocenters. The summed E-state index contributed by atoms with van der Waals surface area (Å²) in [5.41, 5.74) is 0.471. The number of allylic oxidation sites excluding steroid dienone is 1. The van der Waals surface area contributed by atoms with Gasteiger partial charge in [0.05, 0.1) is 22.4 Å². The number of nitrogens with one attached hydrogen (secondary N) is 1. The van der Waals surface area contributed by atoms with Gasteiger partial charge in [-0.2, -0.15) is 0 Å². The average molecular weight is 536 g/mol. The molecule has 0 atom stereocenters. The van der Waals surface area contributed by atoms with E-state index in [0.717, 1.165) is 23.1 Å². The number of rotatable bonds is 11. The highest BCUT2D eigenvalue weighted by atomic mass is 32.2. The van der Waals surface area contributed by atoms with Crippen LogP contribution >= 0.6 is 23.1 Å². The summed E-state index contributed by atoms with van der Waals surface area (Å²) >= 11 is 2.14. The lowest BCUT2D eigenvalue weighted by atomic mass is 10.4. The monoisotopic (exact) mass is 535 g/mol. The van der Waals surface area contributed by atoms with E-state index in [9.17, 15) is 18.0 Å². The Bertz CT molecular complexity index is 1320. The predicted octanol–water partition coefficient (Wildman–Crippen LogP) is 3.50. The summed E-state index contributed by atoms with van der Waals surface area (Å²) in [6.45, 7) is 9.16. The fourth-order valence-electron chi connectivity index (χ4n) is 2.92. The molecule has 2 heterocycles. The minimum atomic E-state index is -3.62. The number of ether oxygens (including phenoxy) is 1. The zero-order valence-corrected chi connectivity index (χ0v) is 21.9. The molecule has 0 aliphatic heterocycles. The Morgan fingerprint density at radius 3 is 2.63 bits per heavy atom. The number of benzene rings is 1. The van der Waals surface area contributed by atoms with Gasteiger partial charge in [0, 0.05) is 6.54 Å². The lowest BCUT2D eigenvalue weighted by molar-refractivity contribution is -0.113. The highest BCUT2D eigenvalue weighted by Gasteiger charge is 2.22. The third kappa shape index (κ3) is 6.99. The summed E-state index contributed by atoms with van der Waals surface area (Å²) < 4.78 is 32.3. The molecule has 0 saturated heterocycles. The van der Waals surface area contributed by atoms with E-state index in [-0.39, 0.29) is 45.9 Å². The molecule has 0 aliphatic carbocycles. The van der Waals surface area contributed by atoms with E-state index in [1.54, 1.807) is 49.6 Å². The zero-order chi connectivity index (χ0) is 25.6. The molecule has 0 saturated carbocycles. The van der Waals surface area contributed by atoms with Crippen LogP contribution in [0.5, 0.6) is 0 Å². The SMILES string of the molecule is C=CCn1c(CS(=O)(=O)c2ccccc2)nnc1SCC(=O)Nc1nc(C)c(C(=O)OC(C)C)s1. The quantitative estimate of drug-likeness (QED) is 0.222. The van der Waals surface area contributed by atoms with Gasteiger partial charge in [0.1, 0.15) is 16.5 Å². The summed E-state index contributed by atoms with van der Waals surface area (Å²) in [5, 5.41) is 11.4. The number of sulfone groups is 1. The largest absolute Gasteiger partial charge is 0.459 e. The van der Waals surface area contributed by atoms with Crippen molar-refractivity contribution in [3.63, 3.8) is 0 Å². The molecule has 0 aliphatic rings. The zero-order valence-electron chi connectivity index (χ0n) is 19.4. The van der Waals surface area contributed by atoms with Crippen molar-refractivity contribution in [2.24, 2.45) is 0 Å². The van der Waals surface area contributed by atoms with E-state index in [0.29, 0.717) is 15.7 Å². The molecular formula is C22H25N5O5S3. The summed E-state index contributed by atoms with van der Waals surface area (Å²) in [4.78, 5) is 29.4. The van der Waals surface area contributed by atoms with Crippen LogP contribution < -0.4 is 5.32 Å². The summed E-state index contributed by atoms with van der Waals surface area (Å²) in [7, 11) is -3.62. The van der Waals surface area contributed by atoms with Gasteiger partial charge in [-0.15, -0.1) is 16.8 Å². The third-order valence-electron chi connectivity index (χ3n) is 4.43. The first kappa shape index (κ1) is 26.6. The molecule has 13 heteroatoms. The summed E-state index contributed by atoms with van der Waals surface area (Å²) in [6, 6.07) is 8.10. The second-order valence-corrected chi connectivity index (χ2v) is 11.5. The number of aryl methyl sites for hydroxylation is 1. The van der Waals surface area contributed by atoms with Gasteiger partial charge in [0.25, 0.3) is 0 Å². The second kappa shape index (κ2) is 11.6. The molecule has 3 rings (SSSR count). The first-order chi connectivity index (χ1) is 16.6. The topological polar surface area (TPSA) is 133 Å². The maximum Gasteiger partial charge on any atom is 0.350 e. The number of aromatic nitrogens is 4. The standard InChI is InChI=1S/C22H25N5O5S3/c1-5-11-27-17(13-35(30,31)16-9-7-6-8-10-16)25-26-22(27)33-12-18(28)24-21-23-15(4)19(34-21)20(29)32-14(2)3/h5-10,14H,1,11-13H2,2-4H3,(H,23,24,28). The van der Waals surface area contributed by atoms with Crippen molar-refractivity contribution in [2.45, 2.75) is 49.2 Å². The van der Waals surface area contributed by atoms with Crippen LogP contribution in [0.4, 0.5) is 5.13 Å². The van der Waals surface area contributed by atoms with Crippen LogP contribution in [0, 0.1) is 6.92 Å². The molecular weight excluding hydrogens is 510 g/mol. The van der Waals surface area contributed by atoms with Crippen molar-refractivity contribution in [3.8, 4) is 0 Å². The van der Waals surface area contributed by atoms with Gasteiger partial charge >= 0.3 is 5.97 Å². The van der Waals surface area contributed by atoms with Gasteiger partial charge in [0.2, 0.25) is 5.91 Å². The van der Waals surface area contributed by atoms with E-state index < -0.39 is 15.8 Å². The Labute approximate surface area is 211 Å². The fraction of sp³-hybridized carbons (Fsp3) is 0.318. The number of thiazole rings is 1. The molecule has 1 amide bonds. The number of thioether (sulfide) groups is 1. The van der Waals surface area contributed by atoms with Crippen LogP contribution in [-0.4, -0.2) is 51.9 Å². The van der Waals surface area contributed by atoms with Crippen molar-refractivity contribution in [3.05, 3.63) is 59.4 Å². The molecule has 1 N–H and O–H groups in total. The lowest BCUT2D eigenvalue weighted by Crippen LogP contribution is -2.15. The number of carbonyl (C=O) groups is 2. The molecule has 35 heavy (non-hydrogen) atoms. The Balaban J connectivity index is 1.67. The molecule has 1 aromatic carbocycles. The first-order valence-electron chi connectivity index (χ1n) is 10.5. The molecule has 10 nitrogen and oxygen atoms in total. The number of hydrogen-bond acceptors (Lipinski definition) is 10. The van der Waals surface area contributed by atoms with E-state index >= 15 is 0 Å². The minimum Gasteiger partial charge on any atom is -0.459 e. The number of esters is 1. The van der Waals surface area contributed by atoms with Gasteiger partial charge in [-0.05, 0) is 32.9 Å². The van der Waals surface area contributed by atoms with E-state index in [4.69, 9.17) is 4.74 Å². The maximum atomic E-state index is 12.8. The van der Waals surface area contributed by atoms with Crippen molar-refractivity contribution in [2.75, 3.05) is 11.1 Å². The Kier molecular flexibility index (Phi) is 8.81. The Morgan fingerprint density at radius 2 is 1.97 bits per heavy atom. The van der Waals surface area contributed by atoms with E-state index in [2.05, 4.69) is 27.1 Å². The lowest BCUT2D eigenvalue weighted by Gasteiger charge is -2.08. The molecule has 2 aromatic heterocycles. The van der Waals surface area contributed by atoms with Crippen LogP contribution in [0.1, 0.15) is 35.0 Å². The van der Waals surface area contributed by atoms with Crippen LogP contribution in [0.3, 0.4) is 0 Å². The number of carbonyl (C=O) groups excluding carboxylic acids is 2. The average Bonchev–Trinajstić information content (AvgIpc) is 3.35. The Hall–Kier alpha value is -3.03. The normalized spacial score (nSPS) is 11.4. The van der Waals surface area contributed by atoms with Crippen molar-refractivity contribution < 1.29 is 22.7 Å². The van der Waals surface area contributed by atoms with Crippen LogP contribution in [0.15, 0.2) is 53.0 Å². The molecule has 0 radical (unpaired) electrons. The highest BCUT2D eigenvalue weighted by molar-refractivity contribution is 7.99. The van der Waals surface area contributed by atoms with Gasteiger partial charge < -0.3 is 14.6 Å². The molecule has 0 fully saturated rings. The van der Waals surface area contributed by atoms with Crippen LogP contribution in [-0.2, 0) is 31.7 Å². The van der Waals surface area contributed by atoms with Crippen molar-refractivity contribution in [1.82, 2.24) is 19.7 Å². The second-order valence-electron chi connectivity index (χ2n) is 7.59. The predicted molar refractivity (Wildman–Crippen MR) is 134 cm³/mol. The van der Waals surface area contributed by atoms with Gasteiger partial charge in [-0.3, -0.25) is 4.79 Å². The van der Waals surface area contributed by atoms with E-state index in [1.807, 2.05) is 0 Å². The van der Waals surface area contributed by atoms with Crippen molar-refractivity contribution in [1.29, 1.82) is 0 Å². The van der Waals surface area contributed by atoms with E-state index in [1.165, 1.54) is 12.1 Å². The molecule has 0 spiro atoms. The number of nitrogens with zero attached hydrogens (tertiary/aromatic N) is 4. The molecule has 0 bridgehead atoms. The fourth-order valence-corrected chi connectivity index (χ4v) is 5.84. The van der Waals surface area contributed by atoms with Gasteiger partial charge in [-0.25, -0.2) is 18.2 Å². The van der Waals surface area contributed by atoms with Gasteiger partial charge in [-0.1, -0.05) is 47.4 Å². The smallest absolute Gasteiger partial charge is 0.350 e. The van der Waals surface area contributed by atoms with Gasteiger partial charge in [0.15, 0.2) is 20.1 Å². The highest BCUT2D eigenvalue weighted by Crippen LogP contribution is 2.25. The first-order valence-corrected chi connectivity index (χ1v) is 14.0. The number of anilines is 1. The third-order valence-corrected chi connectivity index (χ3v) is 8.08. The van der Waals surface area contributed by atoms with Crippen LogP contribution in [0.2, 0.25) is 0 Å². The Morgan fingerprint density at radius 1 is 1.26 bits per heavy atom. The van der Waals surface area contributed by atoms with Crippen molar-refractivity contribution >= 4 is 49.9 Å².